The third-order valence-corrected chi connectivity index (χ3v) is 2.82. The van der Waals surface area contributed by atoms with E-state index in [0.717, 1.165) is 37.6 Å². The number of nitrogens with one attached hydrogen (secondary N) is 2. The first kappa shape index (κ1) is 13.2. The van der Waals surface area contributed by atoms with E-state index in [1.54, 1.807) is 6.33 Å². The van der Waals surface area contributed by atoms with Crippen LogP contribution in [0.15, 0.2) is 6.33 Å². The summed E-state index contributed by atoms with van der Waals surface area (Å²) < 4.78 is 0. The van der Waals surface area contributed by atoms with Crippen LogP contribution in [0.2, 0.25) is 0 Å². The summed E-state index contributed by atoms with van der Waals surface area (Å²) in [6.07, 6.45) is 2.98. The van der Waals surface area contributed by atoms with Crippen molar-refractivity contribution in [2.75, 3.05) is 26.2 Å². The molecule has 0 unspecified atom stereocenters. The maximum Gasteiger partial charge on any atom is 0.0925 e. The average Bonchev–Trinajstić information content (AvgIpc) is 2.69. The fraction of sp³-hybridized carbons (Fsp3) is 0.750. The van der Waals surface area contributed by atoms with Gasteiger partial charge in [-0.1, -0.05) is 13.8 Å². The van der Waals surface area contributed by atoms with Crippen molar-refractivity contribution in [1.29, 1.82) is 0 Å². The topological polar surface area (TPSA) is 44.0 Å². The third kappa shape index (κ3) is 4.33. The van der Waals surface area contributed by atoms with Gasteiger partial charge in [-0.2, -0.15) is 0 Å². The highest BCUT2D eigenvalue weighted by Crippen LogP contribution is 1.98. The zero-order chi connectivity index (χ0) is 11.8. The largest absolute Gasteiger partial charge is 0.348 e. The zero-order valence-corrected chi connectivity index (χ0v) is 10.7. The fourth-order valence-corrected chi connectivity index (χ4v) is 1.75. The van der Waals surface area contributed by atoms with Gasteiger partial charge in [0.1, 0.15) is 0 Å². The van der Waals surface area contributed by atoms with Crippen molar-refractivity contribution in [3.8, 4) is 0 Å². The van der Waals surface area contributed by atoms with Gasteiger partial charge < -0.3 is 15.2 Å². The maximum absolute atomic E-state index is 4.26. The van der Waals surface area contributed by atoms with E-state index in [1.807, 2.05) is 0 Å². The molecule has 0 aliphatic carbocycles. The van der Waals surface area contributed by atoms with Crippen LogP contribution in [0.1, 0.15) is 31.7 Å². The number of hydrogen-bond acceptors (Lipinski definition) is 3. The Hall–Kier alpha value is -0.870. The molecule has 16 heavy (non-hydrogen) atoms. The molecule has 4 heteroatoms. The summed E-state index contributed by atoms with van der Waals surface area (Å²) in [4.78, 5) is 9.81. The van der Waals surface area contributed by atoms with E-state index < -0.39 is 0 Å². The van der Waals surface area contributed by atoms with Crippen molar-refractivity contribution in [2.45, 2.75) is 33.7 Å². The van der Waals surface area contributed by atoms with Crippen LogP contribution in [0.3, 0.4) is 0 Å². The Morgan fingerprint density at radius 2 is 2.19 bits per heavy atom. The lowest BCUT2D eigenvalue weighted by Gasteiger charge is -2.19. The molecule has 0 radical (unpaired) electrons. The van der Waals surface area contributed by atoms with Crippen LogP contribution < -0.4 is 5.32 Å². The minimum Gasteiger partial charge on any atom is -0.348 e. The predicted molar refractivity (Wildman–Crippen MR) is 67.4 cm³/mol. The second-order valence-corrected chi connectivity index (χ2v) is 4.09. The number of likely N-dealkylation sites (N-methyl/N-ethyl adjacent to an activating group) is 1. The van der Waals surface area contributed by atoms with Gasteiger partial charge in [-0.3, -0.25) is 0 Å². The first-order valence-corrected chi connectivity index (χ1v) is 6.19. The molecule has 1 aromatic heterocycles. The van der Waals surface area contributed by atoms with Crippen molar-refractivity contribution >= 4 is 0 Å². The Morgan fingerprint density at radius 3 is 2.75 bits per heavy atom. The molecule has 92 valence electrons. The standard InChI is InChI=1S/C12H24N4/c1-4-7-16(5-2)8-6-13-9-12-11(3)14-10-15-12/h10,13H,4-9H2,1-3H3,(H,14,15). The summed E-state index contributed by atoms with van der Waals surface area (Å²) in [6.45, 7) is 11.8. The summed E-state index contributed by atoms with van der Waals surface area (Å²) in [5, 5.41) is 3.43. The van der Waals surface area contributed by atoms with Crippen LogP contribution in [-0.2, 0) is 6.54 Å². The van der Waals surface area contributed by atoms with Gasteiger partial charge in [-0.15, -0.1) is 0 Å². The molecule has 1 rings (SSSR count). The molecule has 0 atom stereocenters. The van der Waals surface area contributed by atoms with Crippen molar-refractivity contribution in [3.63, 3.8) is 0 Å². The molecule has 0 spiro atoms. The molecular weight excluding hydrogens is 200 g/mol. The number of hydrogen-bond donors (Lipinski definition) is 2. The minimum atomic E-state index is 0.860. The van der Waals surface area contributed by atoms with E-state index in [9.17, 15) is 0 Å². The Morgan fingerprint density at radius 1 is 1.38 bits per heavy atom. The van der Waals surface area contributed by atoms with Gasteiger partial charge in [0.15, 0.2) is 0 Å². The summed E-state index contributed by atoms with van der Waals surface area (Å²) in [5.41, 5.74) is 2.28. The summed E-state index contributed by atoms with van der Waals surface area (Å²) >= 11 is 0. The molecule has 0 fully saturated rings. The molecule has 1 heterocycles. The molecule has 0 saturated heterocycles. The van der Waals surface area contributed by atoms with E-state index in [4.69, 9.17) is 0 Å². The SMILES string of the molecule is CCCN(CC)CCNCc1nc[nH]c1C. The quantitative estimate of drug-likeness (QED) is 0.658. The molecule has 0 aliphatic heterocycles. The van der Waals surface area contributed by atoms with Crippen LogP contribution in [0.25, 0.3) is 0 Å². The zero-order valence-electron chi connectivity index (χ0n) is 10.7. The highest BCUT2D eigenvalue weighted by atomic mass is 15.1. The van der Waals surface area contributed by atoms with Gasteiger partial charge in [0.05, 0.1) is 12.0 Å². The highest BCUT2D eigenvalue weighted by molar-refractivity contribution is 5.07. The Balaban J connectivity index is 2.14. The Kier molecular flexibility index (Phi) is 6.11. The maximum atomic E-state index is 4.26. The van der Waals surface area contributed by atoms with E-state index in [-0.39, 0.29) is 0 Å². The monoisotopic (exact) mass is 224 g/mol. The van der Waals surface area contributed by atoms with E-state index in [2.05, 4.69) is 41.0 Å². The fourth-order valence-electron chi connectivity index (χ4n) is 1.75. The van der Waals surface area contributed by atoms with Gasteiger partial charge in [-0.05, 0) is 26.4 Å². The van der Waals surface area contributed by atoms with Crippen LogP contribution in [-0.4, -0.2) is 41.0 Å². The highest BCUT2D eigenvalue weighted by Gasteiger charge is 2.02. The van der Waals surface area contributed by atoms with Crippen LogP contribution >= 0.6 is 0 Å². The third-order valence-electron chi connectivity index (χ3n) is 2.82. The van der Waals surface area contributed by atoms with Crippen molar-refractivity contribution in [3.05, 3.63) is 17.7 Å². The van der Waals surface area contributed by atoms with Crippen LogP contribution in [0.4, 0.5) is 0 Å². The molecule has 0 bridgehead atoms. The summed E-state index contributed by atoms with van der Waals surface area (Å²) in [6, 6.07) is 0. The number of rotatable bonds is 8. The van der Waals surface area contributed by atoms with Gasteiger partial charge in [0.2, 0.25) is 0 Å². The van der Waals surface area contributed by atoms with Gasteiger partial charge >= 0.3 is 0 Å². The molecule has 4 nitrogen and oxygen atoms in total. The Labute approximate surface area is 98.5 Å². The lowest BCUT2D eigenvalue weighted by atomic mass is 10.3. The van der Waals surface area contributed by atoms with E-state index >= 15 is 0 Å². The molecule has 0 aliphatic rings. The van der Waals surface area contributed by atoms with Crippen LogP contribution in [0.5, 0.6) is 0 Å². The van der Waals surface area contributed by atoms with Crippen molar-refractivity contribution in [1.82, 2.24) is 20.2 Å². The smallest absolute Gasteiger partial charge is 0.0925 e. The van der Waals surface area contributed by atoms with Gasteiger partial charge in [-0.25, -0.2) is 4.98 Å². The number of aryl methyl sites for hydroxylation is 1. The molecular formula is C12H24N4. The van der Waals surface area contributed by atoms with E-state index in [1.165, 1.54) is 13.0 Å². The van der Waals surface area contributed by atoms with Crippen LogP contribution in [0, 0.1) is 6.92 Å². The summed E-state index contributed by atoms with van der Waals surface area (Å²) in [5.74, 6) is 0. The van der Waals surface area contributed by atoms with Crippen molar-refractivity contribution in [2.24, 2.45) is 0 Å². The molecule has 0 aromatic carbocycles. The lowest BCUT2D eigenvalue weighted by Crippen LogP contribution is -2.32. The second-order valence-electron chi connectivity index (χ2n) is 4.09. The number of aromatic nitrogens is 2. The molecule has 2 N–H and O–H groups in total. The number of aromatic amines is 1. The number of nitrogens with zero attached hydrogens (tertiary/aromatic N) is 2. The Bertz CT molecular complexity index is 282. The van der Waals surface area contributed by atoms with Gasteiger partial charge in [0, 0.05) is 25.3 Å². The normalized spacial score (nSPS) is 11.2. The van der Waals surface area contributed by atoms with Gasteiger partial charge in [0.25, 0.3) is 0 Å². The predicted octanol–water partition coefficient (Wildman–Crippen LogP) is 1.54. The average molecular weight is 224 g/mol. The molecule has 0 saturated carbocycles. The van der Waals surface area contributed by atoms with E-state index in [0.29, 0.717) is 0 Å². The first-order valence-electron chi connectivity index (χ1n) is 6.19. The molecule has 0 amide bonds. The van der Waals surface area contributed by atoms with Crippen molar-refractivity contribution < 1.29 is 0 Å². The minimum absolute atomic E-state index is 0.860. The number of imidazole rings is 1. The first-order chi connectivity index (χ1) is 7.77. The summed E-state index contributed by atoms with van der Waals surface area (Å²) in [7, 11) is 0. The number of H-pyrrole nitrogens is 1. The lowest BCUT2D eigenvalue weighted by molar-refractivity contribution is 0.287. The molecule has 1 aromatic rings. The second kappa shape index (κ2) is 7.41.